The van der Waals surface area contributed by atoms with Gasteiger partial charge in [0.25, 0.3) is 0 Å². The number of fused-ring (bicyclic) bond motifs is 1. The number of hydrogen-bond donors (Lipinski definition) is 0. The highest BCUT2D eigenvalue weighted by molar-refractivity contribution is 9.09. The van der Waals surface area contributed by atoms with E-state index in [0.29, 0.717) is 12.5 Å². The molecule has 86 valence electrons. The van der Waals surface area contributed by atoms with Crippen molar-refractivity contribution in [1.82, 2.24) is 0 Å². The van der Waals surface area contributed by atoms with E-state index in [1.54, 1.807) is 0 Å². The minimum absolute atomic E-state index is 0.219. The standard InChI is InChI=1S/C13H16BrNO/c1-10-6-7-11-4-2-3-5-12(11)15(10)13(16)8-9-14/h2-5,10H,6-9H2,1H3. The largest absolute Gasteiger partial charge is 0.309 e. The molecule has 16 heavy (non-hydrogen) atoms. The maximum atomic E-state index is 12.1. The van der Waals surface area contributed by atoms with E-state index in [4.69, 9.17) is 0 Å². The Morgan fingerprint density at radius 2 is 2.25 bits per heavy atom. The van der Waals surface area contributed by atoms with Gasteiger partial charge in [-0.2, -0.15) is 0 Å². The van der Waals surface area contributed by atoms with Crippen LogP contribution in [0.4, 0.5) is 5.69 Å². The number of carbonyl (C=O) groups is 1. The van der Waals surface area contributed by atoms with Crippen LogP contribution in [-0.4, -0.2) is 17.3 Å². The van der Waals surface area contributed by atoms with E-state index in [1.165, 1.54) is 5.56 Å². The molecule has 0 N–H and O–H groups in total. The van der Waals surface area contributed by atoms with Crippen LogP contribution < -0.4 is 4.90 Å². The number of aryl methyl sites for hydroxylation is 1. The van der Waals surface area contributed by atoms with Gasteiger partial charge in [0.2, 0.25) is 5.91 Å². The minimum atomic E-state index is 0.219. The van der Waals surface area contributed by atoms with Crippen molar-refractivity contribution in [3.05, 3.63) is 29.8 Å². The Bertz CT molecular complexity index is 391. The third-order valence-electron chi connectivity index (χ3n) is 3.10. The van der Waals surface area contributed by atoms with Gasteiger partial charge in [-0.15, -0.1) is 0 Å². The zero-order valence-corrected chi connectivity index (χ0v) is 11.0. The molecule has 0 spiro atoms. The predicted molar refractivity (Wildman–Crippen MR) is 70.1 cm³/mol. The molecule has 0 saturated heterocycles. The van der Waals surface area contributed by atoms with Crippen molar-refractivity contribution in [2.24, 2.45) is 0 Å². The summed E-state index contributed by atoms with van der Waals surface area (Å²) in [5, 5.41) is 0.733. The lowest BCUT2D eigenvalue weighted by Crippen LogP contribution is -2.42. The number of hydrogen-bond acceptors (Lipinski definition) is 1. The third kappa shape index (κ3) is 2.14. The van der Waals surface area contributed by atoms with Crippen LogP contribution in [0.2, 0.25) is 0 Å². The van der Waals surface area contributed by atoms with E-state index in [2.05, 4.69) is 35.0 Å². The zero-order valence-electron chi connectivity index (χ0n) is 9.45. The Balaban J connectivity index is 2.33. The molecule has 1 aromatic rings. The molecule has 0 saturated carbocycles. The first-order chi connectivity index (χ1) is 7.74. The maximum absolute atomic E-state index is 12.1. The third-order valence-corrected chi connectivity index (χ3v) is 3.50. The summed E-state index contributed by atoms with van der Waals surface area (Å²) in [7, 11) is 0. The monoisotopic (exact) mass is 281 g/mol. The lowest BCUT2D eigenvalue weighted by molar-refractivity contribution is -0.118. The second kappa shape index (κ2) is 5.00. The number of amides is 1. The van der Waals surface area contributed by atoms with Crippen molar-refractivity contribution in [3.63, 3.8) is 0 Å². The molecular formula is C13H16BrNO. The van der Waals surface area contributed by atoms with Crippen LogP contribution in [0, 0.1) is 0 Å². The predicted octanol–water partition coefficient (Wildman–Crippen LogP) is 3.14. The molecule has 1 aromatic carbocycles. The molecule has 0 aromatic heterocycles. The van der Waals surface area contributed by atoms with Gasteiger partial charge in [0.1, 0.15) is 0 Å². The van der Waals surface area contributed by atoms with Gasteiger partial charge in [-0.1, -0.05) is 34.1 Å². The van der Waals surface area contributed by atoms with E-state index < -0.39 is 0 Å². The highest BCUT2D eigenvalue weighted by Crippen LogP contribution is 2.30. The number of para-hydroxylation sites is 1. The molecule has 0 radical (unpaired) electrons. The average molecular weight is 282 g/mol. The first-order valence-electron chi connectivity index (χ1n) is 5.70. The second-order valence-corrected chi connectivity index (χ2v) is 5.01. The number of carbonyl (C=O) groups excluding carboxylic acids is 1. The van der Waals surface area contributed by atoms with Crippen molar-refractivity contribution in [2.75, 3.05) is 10.2 Å². The molecule has 0 aliphatic carbocycles. The van der Waals surface area contributed by atoms with E-state index in [-0.39, 0.29) is 5.91 Å². The lowest BCUT2D eigenvalue weighted by Gasteiger charge is -2.35. The van der Waals surface area contributed by atoms with E-state index in [1.807, 2.05) is 17.0 Å². The molecule has 1 atom stereocenters. The van der Waals surface area contributed by atoms with Gasteiger partial charge in [0.15, 0.2) is 0 Å². The molecule has 2 rings (SSSR count). The van der Waals surface area contributed by atoms with Crippen LogP contribution >= 0.6 is 15.9 Å². The van der Waals surface area contributed by atoms with Gasteiger partial charge in [0, 0.05) is 23.5 Å². The Kier molecular flexibility index (Phi) is 3.64. The summed E-state index contributed by atoms with van der Waals surface area (Å²) in [5.74, 6) is 0.219. The quantitative estimate of drug-likeness (QED) is 0.763. The lowest BCUT2D eigenvalue weighted by atomic mass is 9.96. The summed E-state index contributed by atoms with van der Waals surface area (Å²) in [5.41, 5.74) is 2.40. The molecule has 0 bridgehead atoms. The van der Waals surface area contributed by atoms with Gasteiger partial charge in [0.05, 0.1) is 0 Å². The first kappa shape index (κ1) is 11.6. The first-order valence-corrected chi connectivity index (χ1v) is 6.82. The van der Waals surface area contributed by atoms with Gasteiger partial charge in [-0.25, -0.2) is 0 Å². The summed E-state index contributed by atoms with van der Waals surface area (Å²) >= 11 is 3.33. The average Bonchev–Trinajstić information content (AvgIpc) is 2.29. The fourth-order valence-electron chi connectivity index (χ4n) is 2.27. The molecule has 0 fully saturated rings. The van der Waals surface area contributed by atoms with Crippen LogP contribution in [0.5, 0.6) is 0 Å². The fraction of sp³-hybridized carbons (Fsp3) is 0.462. The van der Waals surface area contributed by atoms with Gasteiger partial charge >= 0.3 is 0 Å². The highest BCUT2D eigenvalue weighted by Gasteiger charge is 2.26. The van der Waals surface area contributed by atoms with Crippen molar-refractivity contribution < 1.29 is 4.79 Å². The van der Waals surface area contributed by atoms with Crippen LogP contribution in [0.15, 0.2) is 24.3 Å². The smallest absolute Gasteiger partial charge is 0.228 e. The molecule has 1 unspecified atom stereocenters. The van der Waals surface area contributed by atoms with E-state index in [9.17, 15) is 4.79 Å². The molecular weight excluding hydrogens is 266 g/mol. The summed E-state index contributed by atoms with van der Waals surface area (Å²) < 4.78 is 0. The number of rotatable bonds is 2. The van der Waals surface area contributed by atoms with Gasteiger partial charge in [-0.05, 0) is 31.4 Å². The van der Waals surface area contributed by atoms with Gasteiger partial charge < -0.3 is 4.90 Å². The van der Waals surface area contributed by atoms with Crippen LogP contribution in [0.1, 0.15) is 25.3 Å². The van der Waals surface area contributed by atoms with Crippen molar-refractivity contribution in [1.29, 1.82) is 0 Å². The number of benzene rings is 1. The van der Waals surface area contributed by atoms with Crippen molar-refractivity contribution in [2.45, 2.75) is 32.2 Å². The topological polar surface area (TPSA) is 20.3 Å². The molecule has 1 aliphatic heterocycles. The van der Waals surface area contributed by atoms with Crippen LogP contribution in [-0.2, 0) is 11.2 Å². The molecule has 1 heterocycles. The molecule has 1 aliphatic rings. The molecule has 3 heteroatoms. The zero-order chi connectivity index (χ0) is 11.5. The minimum Gasteiger partial charge on any atom is -0.309 e. The summed E-state index contributed by atoms with van der Waals surface area (Å²) in [6.07, 6.45) is 2.71. The Morgan fingerprint density at radius 1 is 1.50 bits per heavy atom. The summed E-state index contributed by atoms with van der Waals surface area (Å²) in [6.45, 7) is 2.13. The van der Waals surface area contributed by atoms with E-state index in [0.717, 1.165) is 23.9 Å². The maximum Gasteiger partial charge on any atom is 0.228 e. The number of nitrogens with zero attached hydrogens (tertiary/aromatic N) is 1. The Hall–Kier alpha value is -0.830. The van der Waals surface area contributed by atoms with Crippen LogP contribution in [0.25, 0.3) is 0 Å². The van der Waals surface area contributed by atoms with Gasteiger partial charge in [-0.3, -0.25) is 4.79 Å². The fourth-order valence-corrected chi connectivity index (χ4v) is 2.61. The molecule has 2 nitrogen and oxygen atoms in total. The molecule has 1 amide bonds. The SMILES string of the molecule is CC1CCc2ccccc2N1C(=O)CCBr. The van der Waals surface area contributed by atoms with E-state index >= 15 is 0 Å². The second-order valence-electron chi connectivity index (χ2n) is 4.22. The Morgan fingerprint density at radius 3 is 3.00 bits per heavy atom. The number of alkyl halides is 1. The summed E-state index contributed by atoms with van der Waals surface area (Å²) in [4.78, 5) is 14.0. The number of halogens is 1. The highest BCUT2D eigenvalue weighted by atomic mass is 79.9. The van der Waals surface area contributed by atoms with Crippen molar-refractivity contribution in [3.8, 4) is 0 Å². The van der Waals surface area contributed by atoms with Crippen LogP contribution in [0.3, 0.4) is 0 Å². The summed E-state index contributed by atoms with van der Waals surface area (Å²) in [6, 6.07) is 8.54. The Labute approximate surface area is 105 Å². The van der Waals surface area contributed by atoms with Crippen molar-refractivity contribution >= 4 is 27.5 Å². The normalized spacial score (nSPS) is 19.4. The number of anilines is 1.